The van der Waals surface area contributed by atoms with Crippen molar-refractivity contribution in [2.75, 3.05) is 13.2 Å². The summed E-state index contributed by atoms with van der Waals surface area (Å²) in [7, 11) is 0. The highest BCUT2D eigenvalue weighted by Crippen LogP contribution is 2.28. The molecule has 0 spiro atoms. The van der Waals surface area contributed by atoms with Gasteiger partial charge >= 0.3 is 0 Å². The van der Waals surface area contributed by atoms with Crippen molar-refractivity contribution in [3.05, 3.63) is 26.6 Å². The minimum Gasteiger partial charge on any atom is -0.395 e. The molecule has 118 valence electrons. The average Bonchev–Trinajstić information content (AvgIpc) is 2.69. The lowest BCUT2D eigenvalue weighted by Gasteiger charge is -2.08. The van der Waals surface area contributed by atoms with Crippen molar-refractivity contribution in [2.45, 2.75) is 39.2 Å². The first-order valence-corrected chi connectivity index (χ1v) is 8.37. The quantitative estimate of drug-likeness (QED) is 0.890. The third-order valence-electron chi connectivity index (χ3n) is 4.02. The fourth-order valence-electron chi connectivity index (χ4n) is 2.88. The molecule has 0 unspecified atom stereocenters. The van der Waals surface area contributed by atoms with Crippen molar-refractivity contribution in [1.82, 2.24) is 14.9 Å². The highest BCUT2D eigenvalue weighted by atomic mass is 32.1. The molecule has 3 heterocycles. The van der Waals surface area contributed by atoms with E-state index in [2.05, 4.69) is 10.3 Å². The molecule has 0 saturated carbocycles. The van der Waals surface area contributed by atoms with Gasteiger partial charge in [0.15, 0.2) is 0 Å². The second-order valence-electron chi connectivity index (χ2n) is 5.51. The molecule has 0 saturated heterocycles. The van der Waals surface area contributed by atoms with Crippen LogP contribution in [0.2, 0.25) is 0 Å². The Morgan fingerprint density at radius 2 is 2.23 bits per heavy atom. The SMILES string of the molecule is Cc1c(C(=O)NCCO)sc2nc3n(c(=O)c12)CCCCC3. The average molecular weight is 321 g/mol. The summed E-state index contributed by atoms with van der Waals surface area (Å²) >= 11 is 1.26. The molecule has 0 fully saturated rings. The normalized spacial score (nSPS) is 14.6. The minimum absolute atomic E-state index is 0.0307. The van der Waals surface area contributed by atoms with Crippen molar-refractivity contribution in [1.29, 1.82) is 0 Å². The van der Waals surface area contributed by atoms with Crippen molar-refractivity contribution in [2.24, 2.45) is 0 Å². The third-order valence-corrected chi connectivity index (χ3v) is 5.20. The molecule has 0 aliphatic carbocycles. The Kier molecular flexibility index (Phi) is 4.26. The number of aliphatic hydroxyl groups is 1. The van der Waals surface area contributed by atoms with Crippen LogP contribution in [0, 0.1) is 6.92 Å². The van der Waals surface area contributed by atoms with Crippen LogP contribution in [0.1, 0.15) is 40.3 Å². The molecule has 2 N–H and O–H groups in total. The predicted molar refractivity (Wildman–Crippen MR) is 85.6 cm³/mol. The number of hydrogen-bond acceptors (Lipinski definition) is 5. The van der Waals surface area contributed by atoms with Crippen molar-refractivity contribution < 1.29 is 9.90 Å². The van der Waals surface area contributed by atoms with Crippen molar-refractivity contribution in [3.63, 3.8) is 0 Å². The maximum atomic E-state index is 12.8. The molecule has 0 aromatic carbocycles. The summed E-state index contributed by atoms with van der Waals surface area (Å²) in [6.45, 7) is 2.60. The maximum Gasteiger partial charge on any atom is 0.262 e. The number of aliphatic hydroxyl groups excluding tert-OH is 1. The smallest absolute Gasteiger partial charge is 0.262 e. The molecule has 3 rings (SSSR count). The molecule has 2 aromatic rings. The van der Waals surface area contributed by atoms with Crippen LogP contribution in [-0.4, -0.2) is 33.7 Å². The van der Waals surface area contributed by atoms with Gasteiger partial charge in [0.25, 0.3) is 11.5 Å². The van der Waals surface area contributed by atoms with Crippen LogP contribution in [0.3, 0.4) is 0 Å². The van der Waals surface area contributed by atoms with Gasteiger partial charge in [0.1, 0.15) is 10.7 Å². The van der Waals surface area contributed by atoms with Gasteiger partial charge in [-0.25, -0.2) is 4.98 Å². The molecule has 1 aliphatic rings. The third kappa shape index (κ3) is 2.55. The zero-order valence-corrected chi connectivity index (χ0v) is 13.3. The molecular formula is C15H19N3O3S. The van der Waals surface area contributed by atoms with E-state index < -0.39 is 0 Å². The number of rotatable bonds is 3. The summed E-state index contributed by atoms with van der Waals surface area (Å²) in [5, 5.41) is 12.0. The van der Waals surface area contributed by atoms with E-state index in [9.17, 15) is 9.59 Å². The monoisotopic (exact) mass is 321 g/mol. The summed E-state index contributed by atoms with van der Waals surface area (Å²) < 4.78 is 1.77. The lowest BCUT2D eigenvalue weighted by Crippen LogP contribution is -2.26. The van der Waals surface area contributed by atoms with E-state index >= 15 is 0 Å². The highest BCUT2D eigenvalue weighted by Gasteiger charge is 2.21. The van der Waals surface area contributed by atoms with Gasteiger partial charge in [-0.1, -0.05) is 6.42 Å². The molecule has 0 bridgehead atoms. The van der Waals surface area contributed by atoms with Crippen LogP contribution in [0.25, 0.3) is 10.2 Å². The van der Waals surface area contributed by atoms with Crippen molar-refractivity contribution >= 4 is 27.5 Å². The number of nitrogens with zero attached hydrogens (tertiary/aromatic N) is 2. The molecule has 1 aliphatic heterocycles. The number of carbonyl (C=O) groups excluding carboxylic acids is 1. The number of thiophene rings is 1. The highest BCUT2D eigenvalue weighted by molar-refractivity contribution is 7.20. The Balaban J connectivity index is 2.13. The van der Waals surface area contributed by atoms with Gasteiger partial charge in [-0.15, -0.1) is 11.3 Å². The molecule has 22 heavy (non-hydrogen) atoms. The van der Waals surface area contributed by atoms with Gasteiger partial charge in [0.05, 0.1) is 16.9 Å². The molecule has 0 atom stereocenters. The standard InChI is InChI=1S/C15H19N3O3S/c1-9-11-14(22-12(9)13(20)16-6-8-19)17-10-5-3-2-4-7-18(10)15(11)21/h19H,2-8H2,1H3,(H,16,20). The fraction of sp³-hybridized carbons (Fsp3) is 0.533. The summed E-state index contributed by atoms with van der Waals surface area (Å²) in [5.41, 5.74) is 0.657. The molecular weight excluding hydrogens is 302 g/mol. The zero-order valence-electron chi connectivity index (χ0n) is 12.5. The number of aromatic nitrogens is 2. The van der Waals surface area contributed by atoms with Gasteiger partial charge in [-0.05, 0) is 25.3 Å². The van der Waals surface area contributed by atoms with E-state index in [1.807, 2.05) is 0 Å². The first kappa shape index (κ1) is 15.2. The fourth-order valence-corrected chi connectivity index (χ4v) is 3.98. The summed E-state index contributed by atoms with van der Waals surface area (Å²) in [6, 6.07) is 0. The number of fused-ring (bicyclic) bond motifs is 2. The van der Waals surface area contributed by atoms with E-state index in [4.69, 9.17) is 5.11 Å². The van der Waals surface area contributed by atoms with Gasteiger partial charge in [-0.2, -0.15) is 0 Å². The van der Waals surface area contributed by atoms with Gasteiger partial charge in [0, 0.05) is 19.5 Å². The van der Waals surface area contributed by atoms with E-state index in [0.29, 0.717) is 27.2 Å². The topological polar surface area (TPSA) is 84.2 Å². The largest absolute Gasteiger partial charge is 0.395 e. The van der Waals surface area contributed by atoms with E-state index in [1.54, 1.807) is 11.5 Å². The Morgan fingerprint density at radius 1 is 1.41 bits per heavy atom. The van der Waals surface area contributed by atoms with Crippen LogP contribution in [0.5, 0.6) is 0 Å². The summed E-state index contributed by atoms with van der Waals surface area (Å²) in [4.78, 5) is 30.7. The Labute approximate surface area is 131 Å². The first-order valence-electron chi connectivity index (χ1n) is 7.55. The Hall–Kier alpha value is -1.73. The number of amides is 1. The van der Waals surface area contributed by atoms with Crippen LogP contribution < -0.4 is 10.9 Å². The van der Waals surface area contributed by atoms with Crippen LogP contribution in [0.15, 0.2) is 4.79 Å². The molecule has 0 radical (unpaired) electrons. The number of nitrogens with one attached hydrogen (secondary N) is 1. The number of carbonyl (C=O) groups is 1. The van der Waals surface area contributed by atoms with E-state index in [-0.39, 0.29) is 24.6 Å². The zero-order chi connectivity index (χ0) is 15.7. The van der Waals surface area contributed by atoms with E-state index in [1.165, 1.54) is 11.3 Å². The lowest BCUT2D eigenvalue weighted by atomic mass is 10.2. The molecule has 1 amide bonds. The Morgan fingerprint density at radius 3 is 3.00 bits per heavy atom. The van der Waals surface area contributed by atoms with Gasteiger partial charge in [-0.3, -0.25) is 14.2 Å². The van der Waals surface area contributed by atoms with Gasteiger partial charge in [0.2, 0.25) is 0 Å². The summed E-state index contributed by atoms with van der Waals surface area (Å²) in [6.07, 6.45) is 3.97. The lowest BCUT2D eigenvalue weighted by molar-refractivity contribution is 0.0948. The van der Waals surface area contributed by atoms with Crippen molar-refractivity contribution in [3.8, 4) is 0 Å². The maximum absolute atomic E-state index is 12.8. The van der Waals surface area contributed by atoms with E-state index in [0.717, 1.165) is 31.5 Å². The minimum atomic E-state index is -0.255. The first-order chi connectivity index (χ1) is 10.6. The van der Waals surface area contributed by atoms with Crippen LogP contribution >= 0.6 is 11.3 Å². The van der Waals surface area contributed by atoms with Crippen LogP contribution in [0.4, 0.5) is 0 Å². The Bertz CT molecular complexity index is 778. The molecule has 7 heteroatoms. The van der Waals surface area contributed by atoms with Crippen LogP contribution in [-0.2, 0) is 13.0 Å². The molecule has 2 aromatic heterocycles. The number of aryl methyl sites for hydroxylation is 2. The predicted octanol–water partition coefficient (Wildman–Crippen LogP) is 1.21. The number of hydrogen-bond donors (Lipinski definition) is 2. The van der Waals surface area contributed by atoms with Gasteiger partial charge < -0.3 is 10.4 Å². The molecule has 6 nitrogen and oxygen atoms in total. The second kappa shape index (κ2) is 6.18. The second-order valence-corrected chi connectivity index (χ2v) is 6.51. The summed E-state index contributed by atoms with van der Waals surface area (Å²) in [5.74, 6) is 0.577.